The molecule has 0 heterocycles. The monoisotopic (exact) mass is 582 g/mol. The number of hydrogen-bond donors (Lipinski definition) is 0. The van der Waals surface area contributed by atoms with E-state index in [1.54, 1.807) is 0 Å². The molecule has 0 saturated carbocycles. The molecular formula is C33H50N2O5Si. The van der Waals surface area contributed by atoms with Crippen LogP contribution in [0, 0.1) is 0 Å². The van der Waals surface area contributed by atoms with Crippen molar-refractivity contribution >= 4 is 31.6 Å². The van der Waals surface area contributed by atoms with Crippen molar-refractivity contribution in [3.8, 4) is 0 Å². The molecule has 0 radical (unpaired) electrons. The molecule has 7 nitrogen and oxygen atoms in total. The summed E-state index contributed by atoms with van der Waals surface area (Å²) in [6.45, 7) is 8.98. The van der Waals surface area contributed by atoms with E-state index in [0.29, 0.717) is 12.8 Å². The van der Waals surface area contributed by atoms with Crippen molar-refractivity contribution in [1.82, 2.24) is 0 Å². The molecule has 8 heteroatoms. The zero-order chi connectivity index (χ0) is 29.8. The summed E-state index contributed by atoms with van der Waals surface area (Å²) in [5, 5.41) is 8.52. The third-order valence-electron chi connectivity index (χ3n) is 7.54. The number of nitrogens with zero attached hydrogens (tertiary/aromatic N) is 2. The topological polar surface area (TPSA) is 86.5 Å². The van der Waals surface area contributed by atoms with Gasteiger partial charge in [0, 0.05) is 12.8 Å². The van der Waals surface area contributed by atoms with Gasteiger partial charge < -0.3 is 13.9 Å². The Bertz CT molecular complexity index is 1020. The first-order chi connectivity index (χ1) is 19.9. The van der Waals surface area contributed by atoms with Crippen molar-refractivity contribution in [2.75, 3.05) is 13.2 Å². The molecule has 0 bridgehead atoms. The van der Waals surface area contributed by atoms with Gasteiger partial charge in [-0.1, -0.05) is 83.7 Å². The lowest BCUT2D eigenvalue weighted by atomic mass is 10.1. The number of esters is 2. The maximum Gasteiger partial charge on any atom is 0.306 e. The van der Waals surface area contributed by atoms with Crippen LogP contribution in [0.2, 0.25) is 18.1 Å². The van der Waals surface area contributed by atoms with Gasteiger partial charge in [-0.3, -0.25) is 9.59 Å². The molecule has 0 aliphatic rings. The number of carbonyl (C=O) groups is 2. The SMILES string of the molecule is CCCCCCCC(=O)OC[C@H](CO[Si](CC)(CC)CC)OC(=O)CCCc1ccc(N=Nc2ccccc2)cc1. The van der Waals surface area contributed by atoms with Gasteiger partial charge in [0.2, 0.25) is 0 Å². The maximum absolute atomic E-state index is 12.7. The van der Waals surface area contributed by atoms with Crippen molar-refractivity contribution < 1.29 is 23.5 Å². The smallest absolute Gasteiger partial charge is 0.306 e. The number of azo groups is 1. The molecule has 226 valence electrons. The highest BCUT2D eigenvalue weighted by Crippen LogP contribution is 2.23. The van der Waals surface area contributed by atoms with Gasteiger partial charge in [0.15, 0.2) is 14.4 Å². The number of carbonyl (C=O) groups excluding carboxylic acids is 2. The number of aryl methyl sites for hydroxylation is 1. The number of hydrogen-bond acceptors (Lipinski definition) is 7. The van der Waals surface area contributed by atoms with Crippen LogP contribution in [-0.2, 0) is 29.9 Å². The number of rotatable bonds is 21. The molecule has 0 unspecified atom stereocenters. The fourth-order valence-electron chi connectivity index (χ4n) is 4.59. The second kappa shape index (κ2) is 20.1. The third-order valence-corrected chi connectivity index (χ3v) is 12.2. The van der Waals surface area contributed by atoms with E-state index >= 15 is 0 Å². The summed E-state index contributed by atoms with van der Waals surface area (Å²) in [7, 11) is -1.87. The van der Waals surface area contributed by atoms with Crippen LogP contribution in [0.15, 0.2) is 64.8 Å². The van der Waals surface area contributed by atoms with Crippen molar-refractivity contribution in [1.29, 1.82) is 0 Å². The van der Waals surface area contributed by atoms with Crippen molar-refractivity contribution in [2.45, 2.75) is 110 Å². The molecule has 1 atom stereocenters. The largest absolute Gasteiger partial charge is 0.462 e. The normalized spacial score (nSPS) is 12.4. The highest BCUT2D eigenvalue weighted by Gasteiger charge is 2.30. The van der Waals surface area contributed by atoms with E-state index in [1.165, 1.54) is 12.8 Å². The zero-order valence-corrected chi connectivity index (χ0v) is 26.6. The summed E-state index contributed by atoms with van der Waals surface area (Å²) >= 11 is 0. The van der Waals surface area contributed by atoms with Gasteiger partial charge in [0.1, 0.15) is 6.61 Å². The van der Waals surface area contributed by atoms with E-state index in [9.17, 15) is 9.59 Å². The Morgan fingerprint density at radius 1 is 0.707 bits per heavy atom. The molecule has 0 aliphatic carbocycles. The molecule has 41 heavy (non-hydrogen) atoms. The third kappa shape index (κ3) is 14.1. The van der Waals surface area contributed by atoms with Gasteiger partial charge in [-0.2, -0.15) is 10.2 Å². The lowest BCUT2D eigenvalue weighted by Gasteiger charge is -2.30. The highest BCUT2D eigenvalue weighted by atomic mass is 28.4. The Hall–Kier alpha value is -2.84. The Balaban J connectivity index is 1.83. The lowest BCUT2D eigenvalue weighted by molar-refractivity contribution is -0.161. The standard InChI is InChI=1S/C33H50N2O5Si/c1-5-9-10-11-15-20-32(36)38-26-31(27-39-41(6-2,7-3)8-4)40-33(37)21-16-17-28-22-24-30(25-23-28)35-34-29-18-13-12-14-19-29/h12-14,18-19,22-25,31H,5-11,15-17,20-21,26-27H2,1-4H3/t31-/m1/s1. The van der Waals surface area contributed by atoms with Crippen LogP contribution >= 0.6 is 0 Å². The van der Waals surface area contributed by atoms with Crippen LogP contribution in [-0.4, -0.2) is 39.6 Å². The second-order valence-electron chi connectivity index (χ2n) is 10.6. The average molecular weight is 583 g/mol. The summed E-state index contributed by atoms with van der Waals surface area (Å²) in [4.78, 5) is 25.0. The van der Waals surface area contributed by atoms with Gasteiger partial charge in [0.25, 0.3) is 0 Å². The van der Waals surface area contributed by atoms with Crippen LogP contribution in [0.5, 0.6) is 0 Å². The van der Waals surface area contributed by atoms with Crippen LogP contribution in [0.25, 0.3) is 0 Å². The Labute approximate surface area is 248 Å². The predicted octanol–water partition coefficient (Wildman–Crippen LogP) is 9.26. The van der Waals surface area contributed by atoms with Crippen LogP contribution < -0.4 is 0 Å². The van der Waals surface area contributed by atoms with E-state index in [1.807, 2.05) is 54.6 Å². The zero-order valence-electron chi connectivity index (χ0n) is 25.6. The fourth-order valence-corrected chi connectivity index (χ4v) is 7.25. The molecule has 2 aromatic carbocycles. The van der Waals surface area contributed by atoms with Crippen molar-refractivity contribution in [3.63, 3.8) is 0 Å². The number of unbranched alkanes of at least 4 members (excludes halogenated alkanes) is 4. The minimum absolute atomic E-state index is 0.0418. The first-order valence-corrected chi connectivity index (χ1v) is 18.0. The van der Waals surface area contributed by atoms with Crippen molar-refractivity contribution in [3.05, 3.63) is 60.2 Å². The lowest BCUT2D eigenvalue weighted by Crippen LogP contribution is -2.40. The van der Waals surface area contributed by atoms with E-state index in [4.69, 9.17) is 13.9 Å². The molecule has 0 fully saturated rings. The van der Waals surface area contributed by atoms with Gasteiger partial charge in [-0.15, -0.1) is 0 Å². The minimum atomic E-state index is -1.87. The van der Waals surface area contributed by atoms with Crippen LogP contribution in [0.3, 0.4) is 0 Å². The van der Waals surface area contributed by atoms with Gasteiger partial charge in [-0.25, -0.2) is 0 Å². The quantitative estimate of drug-likeness (QED) is 0.0633. The molecular weight excluding hydrogens is 532 g/mol. The van der Waals surface area contributed by atoms with E-state index in [2.05, 4.69) is 37.9 Å². The van der Waals surface area contributed by atoms with Crippen molar-refractivity contribution in [2.24, 2.45) is 10.2 Å². The maximum atomic E-state index is 12.7. The molecule has 2 aromatic rings. The summed E-state index contributed by atoms with van der Waals surface area (Å²) in [6, 6.07) is 20.5. The fraction of sp³-hybridized carbons (Fsp3) is 0.576. The molecule has 0 aromatic heterocycles. The molecule has 2 rings (SSSR count). The summed E-state index contributed by atoms with van der Waals surface area (Å²) < 4.78 is 17.7. The Kier molecular flexibility index (Phi) is 16.8. The number of ether oxygens (including phenoxy) is 2. The molecule has 0 N–H and O–H groups in total. The minimum Gasteiger partial charge on any atom is -0.462 e. The van der Waals surface area contributed by atoms with Gasteiger partial charge >= 0.3 is 11.9 Å². The van der Waals surface area contributed by atoms with E-state index in [-0.39, 0.29) is 31.6 Å². The summed E-state index contributed by atoms with van der Waals surface area (Å²) in [5.74, 6) is -0.529. The summed E-state index contributed by atoms with van der Waals surface area (Å²) in [5.41, 5.74) is 2.71. The summed E-state index contributed by atoms with van der Waals surface area (Å²) in [6.07, 6.45) is 6.86. The molecule has 0 aliphatic heterocycles. The average Bonchev–Trinajstić information content (AvgIpc) is 3.00. The van der Waals surface area contributed by atoms with Crippen LogP contribution in [0.1, 0.15) is 84.6 Å². The van der Waals surface area contributed by atoms with E-state index < -0.39 is 14.4 Å². The van der Waals surface area contributed by atoms with Gasteiger partial charge in [0.05, 0.1) is 18.0 Å². The molecule has 0 saturated heterocycles. The Morgan fingerprint density at radius 2 is 1.32 bits per heavy atom. The molecule has 0 amide bonds. The second-order valence-corrected chi connectivity index (χ2v) is 15.3. The molecule has 0 spiro atoms. The van der Waals surface area contributed by atoms with E-state index in [0.717, 1.165) is 60.8 Å². The first-order valence-electron chi connectivity index (χ1n) is 15.5. The van der Waals surface area contributed by atoms with Crippen LogP contribution in [0.4, 0.5) is 11.4 Å². The number of benzene rings is 2. The highest BCUT2D eigenvalue weighted by molar-refractivity contribution is 6.73. The van der Waals surface area contributed by atoms with Gasteiger partial charge in [-0.05, 0) is 67.2 Å². The first kappa shape index (κ1) is 34.4. The predicted molar refractivity (Wildman–Crippen MR) is 167 cm³/mol. The Morgan fingerprint density at radius 3 is 1.95 bits per heavy atom.